The van der Waals surface area contributed by atoms with E-state index >= 15 is 0 Å². The van der Waals surface area contributed by atoms with Gasteiger partial charge < -0.3 is 0 Å². The summed E-state index contributed by atoms with van der Waals surface area (Å²) in [4.78, 5) is 7.99. The van der Waals surface area contributed by atoms with Gasteiger partial charge in [0.25, 0.3) is 0 Å². The van der Waals surface area contributed by atoms with Crippen molar-refractivity contribution < 1.29 is 0 Å². The lowest BCUT2D eigenvalue weighted by molar-refractivity contribution is 0.0882. The molecule has 2 heterocycles. The quantitative estimate of drug-likeness (QED) is 0.812. The van der Waals surface area contributed by atoms with Gasteiger partial charge in [-0.2, -0.15) is 15.6 Å². The zero-order valence-electron chi connectivity index (χ0n) is 11.1. The first-order valence-corrected chi connectivity index (χ1v) is 6.85. The summed E-state index contributed by atoms with van der Waals surface area (Å²) in [5, 5.41) is 22.5. The number of aromatic nitrogens is 4. The summed E-state index contributed by atoms with van der Waals surface area (Å²) in [6, 6.07) is 6.19. The van der Waals surface area contributed by atoms with Gasteiger partial charge in [-0.3, -0.25) is 4.68 Å². The standard InChI is InChI=1S/C14H11ClN6/c15-13-18-4-1-12(20-13)11-8-19-21(9-11)14(2-3-16)5-10(6-14)7-17/h1,4,8-10H,2,5-6H2. The molecule has 0 N–H and O–H groups in total. The van der Waals surface area contributed by atoms with Gasteiger partial charge in [0, 0.05) is 18.0 Å². The first kappa shape index (κ1) is 13.5. The van der Waals surface area contributed by atoms with Crippen molar-refractivity contribution in [2.45, 2.75) is 24.8 Å². The Balaban J connectivity index is 1.91. The number of hydrogen-bond donors (Lipinski definition) is 0. The highest BCUT2D eigenvalue weighted by atomic mass is 35.5. The van der Waals surface area contributed by atoms with Crippen LogP contribution in [0, 0.1) is 28.6 Å². The lowest BCUT2D eigenvalue weighted by Gasteiger charge is -2.43. The molecule has 0 amide bonds. The minimum atomic E-state index is -0.371. The third kappa shape index (κ3) is 2.35. The van der Waals surface area contributed by atoms with Gasteiger partial charge >= 0.3 is 0 Å². The molecule has 0 radical (unpaired) electrons. The van der Waals surface area contributed by atoms with Gasteiger partial charge in [-0.15, -0.1) is 0 Å². The highest BCUT2D eigenvalue weighted by Gasteiger charge is 2.46. The number of halogens is 1. The zero-order chi connectivity index (χ0) is 14.9. The van der Waals surface area contributed by atoms with E-state index < -0.39 is 0 Å². The van der Waals surface area contributed by atoms with Crippen LogP contribution in [-0.2, 0) is 5.54 Å². The molecule has 1 aliphatic rings. The maximum absolute atomic E-state index is 9.04. The normalized spacial score (nSPS) is 23.9. The fourth-order valence-electron chi connectivity index (χ4n) is 2.72. The largest absolute Gasteiger partial charge is 0.265 e. The molecule has 3 rings (SSSR count). The highest BCUT2D eigenvalue weighted by Crippen LogP contribution is 2.46. The average Bonchev–Trinajstić information content (AvgIpc) is 2.92. The van der Waals surface area contributed by atoms with Gasteiger partial charge in [0.15, 0.2) is 0 Å². The van der Waals surface area contributed by atoms with Crippen molar-refractivity contribution in [2.24, 2.45) is 5.92 Å². The smallest absolute Gasteiger partial charge is 0.222 e. The van der Waals surface area contributed by atoms with Crippen molar-refractivity contribution in [3.05, 3.63) is 29.9 Å². The van der Waals surface area contributed by atoms with Gasteiger partial charge in [0.05, 0.1) is 41.9 Å². The summed E-state index contributed by atoms with van der Waals surface area (Å²) >= 11 is 5.79. The van der Waals surface area contributed by atoms with E-state index in [0.29, 0.717) is 25.0 Å². The number of hydrogen-bond acceptors (Lipinski definition) is 5. The predicted molar refractivity (Wildman–Crippen MR) is 74.8 cm³/mol. The second kappa shape index (κ2) is 5.16. The Hall–Kier alpha value is -2.44. The Morgan fingerprint density at radius 3 is 2.90 bits per heavy atom. The molecule has 6 nitrogen and oxygen atoms in total. The van der Waals surface area contributed by atoms with Crippen LogP contribution in [0.3, 0.4) is 0 Å². The molecule has 0 spiro atoms. The van der Waals surface area contributed by atoms with Gasteiger partial charge in [-0.05, 0) is 30.5 Å². The third-order valence-electron chi connectivity index (χ3n) is 3.83. The zero-order valence-corrected chi connectivity index (χ0v) is 11.8. The Kier molecular flexibility index (Phi) is 3.32. The molecule has 0 aliphatic heterocycles. The Morgan fingerprint density at radius 1 is 1.43 bits per heavy atom. The minimum Gasteiger partial charge on any atom is -0.265 e. The van der Waals surface area contributed by atoms with Crippen LogP contribution in [0.5, 0.6) is 0 Å². The molecule has 0 bridgehead atoms. The summed E-state index contributed by atoms with van der Waals surface area (Å²) in [6.07, 6.45) is 6.78. The first-order chi connectivity index (χ1) is 10.2. The third-order valence-corrected chi connectivity index (χ3v) is 4.02. The van der Waals surface area contributed by atoms with Crippen LogP contribution in [0.25, 0.3) is 11.3 Å². The predicted octanol–water partition coefficient (Wildman–Crippen LogP) is 2.54. The number of nitriles is 2. The van der Waals surface area contributed by atoms with E-state index in [0.717, 1.165) is 5.56 Å². The molecule has 104 valence electrons. The number of nitrogens with zero attached hydrogens (tertiary/aromatic N) is 6. The molecule has 1 saturated carbocycles. The minimum absolute atomic E-state index is 0.000468. The van der Waals surface area contributed by atoms with E-state index in [-0.39, 0.29) is 16.7 Å². The van der Waals surface area contributed by atoms with Crippen LogP contribution in [0.1, 0.15) is 19.3 Å². The lowest BCUT2D eigenvalue weighted by atomic mass is 9.67. The molecule has 0 aromatic carbocycles. The Labute approximate surface area is 126 Å². The Bertz CT molecular complexity index is 747. The highest BCUT2D eigenvalue weighted by molar-refractivity contribution is 6.28. The van der Waals surface area contributed by atoms with Crippen molar-refractivity contribution in [1.29, 1.82) is 10.5 Å². The van der Waals surface area contributed by atoms with Crippen LogP contribution in [0.4, 0.5) is 0 Å². The van der Waals surface area contributed by atoms with Crippen LogP contribution in [0.2, 0.25) is 5.28 Å². The van der Waals surface area contributed by atoms with Crippen LogP contribution in [0.15, 0.2) is 24.7 Å². The van der Waals surface area contributed by atoms with E-state index in [1.165, 1.54) is 0 Å². The van der Waals surface area contributed by atoms with Crippen molar-refractivity contribution in [1.82, 2.24) is 19.7 Å². The molecule has 7 heteroatoms. The van der Waals surface area contributed by atoms with Crippen LogP contribution >= 0.6 is 11.6 Å². The summed E-state index contributed by atoms with van der Waals surface area (Å²) < 4.78 is 1.79. The van der Waals surface area contributed by atoms with Crippen molar-refractivity contribution in [3.63, 3.8) is 0 Å². The molecule has 1 fully saturated rings. The molecule has 2 aromatic rings. The molecule has 0 saturated heterocycles. The summed E-state index contributed by atoms with van der Waals surface area (Å²) in [7, 11) is 0. The van der Waals surface area contributed by atoms with Crippen LogP contribution < -0.4 is 0 Å². The first-order valence-electron chi connectivity index (χ1n) is 6.47. The lowest BCUT2D eigenvalue weighted by Crippen LogP contribution is -2.46. The molecule has 21 heavy (non-hydrogen) atoms. The second-order valence-electron chi connectivity index (χ2n) is 5.18. The van der Waals surface area contributed by atoms with E-state index in [4.69, 9.17) is 22.1 Å². The molecule has 2 aromatic heterocycles. The van der Waals surface area contributed by atoms with Gasteiger partial charge in [0.2, 0.25) is 5.28 Å². The molecular weight excluding hydrogens is 288 g/mol. The molecule has 0 unspecified atom stereocenters. The van der Waals surface area contributed by atoms with Crippen LogP contribution in [-0.4, -0.2) is 19.7 Å². The van der Waals surface area contributed by atoms with Gasteiger partial charge in [-0.25, -0.2) is 9.97 Å². The molecular formula is C14H11ClN6. The summed E-state index contributed by atoms with van der Waals surface area (Å²) in [5.74, 6) is -0.000468. The fourth-order valence-corrected chi connectivity index (χ4v) is 2.87. The van der Waals surface area contributed by atoms with E-state index in [1.54, 1.807) is 23.1 Å². The average molecular weight is 299 g/mol. The topological polar surface area (TPSA) is 91.2 Å². The fraction of sp³-hybridized carbons (Fsp3) is 0.357. The maximum atomic E-state index is 9.04. The monoisotopic (exact) mass is 298 g/mol. The molecule has 1 aliphatic carbocycles. The summed E-state index contributed by atoms with van der Waals surface area (Å²) in [6.45, 7) is 0. The van der Waals surface area contributed by atoms with Crippen molar-refractivity contribution in [3.8, 4) is 23.4 Å². The van der Waals surface area contributed by atoms with Crippen molar-refractivity contribution >= 4 is 11.6 Å². The second-order valence-corrected chi connectivity index (χ2v) is 5.52. The SMILES string of the molecule is N#CCC1(n2cc(-c3ccnc(Cl)n3)cn2)CC(C#N)C1. The van der Waals surface area contributed by atoms with Crippen molar-refractivity contribution in [2.75, 3.05) is 0 Å². The van der Waals surface area contributed by atoms with E-state index in [2.05, 4.69) is 27.2 Å². The number of rotatable bonds is 3. The van der Waals surface area contributed by atoms with E-state index in [1.807, 2.05) is 6.20 Å². The maximum Gasteiger partial charge on any atom is 0.222 e. The van der Waals surface area contributed by atoms with E-state index in [9.17, 15) is 0 Å². The van der Waals surface area contributed by atoms with Gasteiger partial charge in [0.1, 0.15) is 0 Å². The summed E-state index contributed by atoms with van der Waals surface area (Å²) in [5.41, 5.74) is 1.13. The molecule has 0 atom stereocenters. The Morgan fingerprint density at radius 2 is 2.24 bits per heavy atom. The van der Waals surface area contributed by atoms with Gasteiger partial charge in [-0.1, -0.05) is 0 Å².